The minimum Gasteiger partial charge on any atom is -0.481 e. The molecule has 0 unspecified atom stereocenters. The summed E-state index contributed by atoms with van der Waals surface area (Å²) in [5.41, 5.74) is 1.82. The molecule has 3 rings (SSSR count). The van der Waals surface area contributed by atoms with Gasteiger partial charge in [-0.3, -0.25) is 19.2 Å². The summed E-state index contributed by atoms with van der Waals surface area (Å²) in [5, 5.41) is 16.6. The van der Waals surface area contributed by atoms with Crippen LogP contribution in [0.15, 0.2) is 71.3 Å². The van der Waals surface area contributed by atoms with Gasteiger partial charge in [0, 0.05) is 5.56 Å². The maximum Gasteiger partial charge on any atom is 0.408 e. The van der Waals surface area contributed by atoms with E-state index in [0.717, 1.165) is 5.56 Å². The summed E-state index contributed by atoms with van der Waals surface area (Å²) in [6.07, 6.45) is -0.292. The highest BCUT2D eigenvalue weighted by Crippen LogP contribution is 2.19. The van der Waals surface area contributed by atoms with Crippen molar-refractivity contribution in [3.8, 4) is 11.3 Å². The van der Waals surface area contributed by atoms with Crippen molar-refractivity contribution in [2.45, 2.75) is 51.9 Å². The predicted octanol–water partition coefficient (Wildman–Crippen LogP) is 2.94. The van der Waals surface area contributed by atoms with Crippen molar-refractivity contribution in [2.75, 3.05) is 0 Å². The number of carbonyl (C=O) groups excluding carboxylic acids is 4. The van der Waals surface area contributed by atoms with E-state index in [9.17, 15) is 29.1 Å². The average molecular weight is 565 g/mol. The van der Waals surface area contributed by atoms with Crippen molar-refractivity contribution in [2.24, 2.45) is 5.92 Å². The number of amides is 3. The molecule has 0 aliphatic carbocycles. The SMILES string of the molecule is CC(C)[C@H](NC(=O)OCc1ccccc1)C(=O)N[C@@H](C)C(=O)N[C@@H](CC(=O)O)C(=O)c1nc(-c2ccccc2)co1. The number of ketones is 1. The summed E-state index contributed by atoms with van der Waals surface area (Å²) in [5.74, 6) is -4.40. The Kier molecular flexibility index (Phi) is 10.7. The normalized spacial score (nSPS) is 13.0. The zero-order valence-electron chi connectivity index (χ0n) is 22.8. The topological polar surface area (TPSA) is 177 Å². The van der Waals surface area contributed by atoms with Crippen molar-refractivity contribution >= 4 is 29.7 Å². The molecular weight excluding hydrogens is 532 g/mol. The van der Waals surface area contributed by atoms with Crippen LogP contribution >= 0.6 is 0 Å². The molecule has 4 N–H and O–H groups in total. The predicted molar refractivity (Wildman–Crippen MR) is 146 cm³/mol. The molecule has 0 spiro atoms. The van der Waals surface area contributed by atoms with Gasteiger partial charge in [0.1, 0.15) is 36.7 Å². The minimum absolute atomic E-state index is 0.00821. The number of hydrogen-bond acceptors (Lipinski definition) is 8. The number of oxazole rings is 1. The van der Waals surface area contributed by atoms with Crippen molar-refractivity contribution in [3.63, 3.8) is 0 Å². The third kappa shape index (κ3) is 9.02. The molecule has 0 saturated carbocycles. The number of carboxylic acid groups (broad SMARTS) is 1. The molecule has 12 nitrogen and oxygen atoms in total. The number of hydrogen-bond donors (Lipinski definition) is 4. The highest BCUT2D eigenvalue weighted by Gasteiger charge is 2.32. The van der Waals surface area contributed by atoms with Crippen LogP contribution in [0.2, 0.25) is 0 Å². The monoisotopic (exact) mass is 564 g/mol. The lowest BCUT2D eigenvalue weighted by molar-refractivity contribution is -0.137. The summed E-state index contributed by atoms with van der Waals surface area (Å²) in [6.45, 7) is 4.77. The van der Waals surface area contributed by atoms with Crippen LogP contribution in [0.1, 0.15) is 43.4 Å². The zero-order chi connectivity index (χ0) is 29.9. The molecule has 3 atom stereocenters. The number of Topliss-reactive ketones (excluding diaryl/α,β-unsaturated/α-hetero) is 1. The third-order valence-corrected chi connectivity index (χ3v) is 5.98. The minimum atomic E-state index is -1.51. The lowest BCUT2D eigenvalue weighted by Gasteiger charge is -2.24. The van der Waals surface area contributed by atoms with E-state index in [-0.39, 0.29) is 18.4 Å². The van der Waals surface area contributed by atoms with Crippen LogP contribution in [-0.4, -0.2) is 57.9 Å². The van der Waals surface area contributed by atoms with E-state index < -0.39 is 54.2 Å². The second-order valence-electron chi connectivity index (χ2n) is 9.59. The number of ether oxygens (including phenoxy) is 1. The van der Waals surface area contributed by atoms with Gasteiger partial charge in [-0.1, -0.05) is 74.5 Å². The van der Waals surface area contributed by atoms with Gasteiger partial charge in [-0.25, -0.2) is 9.78 Å². The smallest absolute Gasteiger partial charge is 0.408 e. The standard InChI is InChI=1S/C29H32N4O8/c1-17(2)24(33-29(39)41-15-19-10-6-4-7-11-19)27(38)30-18(3)26(37)31-21(14-23(34)35)25(36)28-32-22(16-40-28)20-12-8-5-9-13-20/h4-13,16-18,21,24H,14-15H2,1-3H3,(H,30,38)(H,31,37)(H,33,39)(H,34,35)/t18-,21-,24-/m0/s1. The molecule has 3 amide bonds. The van der Waals surface area contributed by atoms with Crippen molar-refractivity contribution in [3.05, 3.63) is 78.4 Å². The molecule has 0 bridgehead atoms. The van der Waals surface area contributed by atoms with Crippen molar-refractivity contribution in [1.29, 1.82) is 0 Å². The van der Waals surface area contributed by atoms with E-state index in [2.05, 4.69) is 20.9 Å². The molecule has 0 aliphatic rings. The van der Waals surface area contributed by atoms with E-state index in [0.29, 0.717) is 11.3 Å². The van der Waals surface area contributed by atoms with Crippen molar-refractivity contribution in [1.82, 2.24) is 20.9 Å². The lowest BCUT2D eigenvalue weighted by Crippen LogP contribution is -2.56. The highest BCUT2D eigenvalue weighted by atomic mass is 16.5. The maximum atomic E-state index is 13.0. The van der Waals surface area contributed by atoms with Crippen LogP contribution in [0.4, 0.5) is 4.79 Å². The molecule has 1 aromatic heterocycles. The number of rotatable bonds is 13. The summed E-state index contributed by atoms with van der Waals surface area (Å²) >= 11 is 0. The maximum absolute atomic E-state index is 13.0. The van der Waals surface area contributed by atoms with Gasteiger partial charge in [0.2, 0.25) is 17.6 Å². The number of nitrogens with one attached hydrogen (secondary N) is 3. The Labute approximate surface area is 236 Å². The Balaban J connectivity index is 1.61. The summed E-state index contributed by atoms with van der Waals surface area (Å²) < 4.78 is 10.4. The fourth-order valence-corrected chi connectivity index (χ4v) is 3.75. The zero-order valence-corrected chi connectivity index (χ0v) is 22.8. The molecule has 0 radical (unpaired) electrons. The van der Waals surface area contributed by atoms with Crippen LogP contribution in [-0.2, 0) is 25.7 Å². The van der Waals surface area contributed by atoms with E-state index in [4.69, 9.17) is 9.15 Å². The summed E-state index contributed by atoms with van der Waals surface area (Å²) in [7, 11) is 0. The first-order chi connectivity index (χ1) is 19.5. The summed E-state index contributed by atoms with van der Waals surface area (Å²) in [4.78, 5) is 66.7. The second-order valence-corrected chi connectivity index (χ2v) is 9.59. The Morgan fingerprint density at radius 2 is 1.51 bits per heavy atom. The van der Waals surface area contributed by atoms with Crippen molar-refractivity contribution < 1.29 is 38.2 Å². The van der Waals surface area contributed by atoms with E-state index in [1.165, 1.54) is 13.2 Å². The first-order valence-corrected chi connectivity index (χ1v) is 12.9. The molecule has 3 aromatic rings. The Bertz CT molecular complexity index is 1360. The number of alkyl carbamates (subject to hydrolysis) is 1. The lowest BCUT2D eigenvalue weighted by atomic mass is 10.0. The quantitative estimate of drug-likeness (QED) is 0.227. The van der Waals surface area contributed by atoms with Crippen LogP contribution in [0, 0.1) is 5.92 Å². The largest absolute Gasteiger partial charge is 0.481 e. The van der Waals surface area contributed by atoms with E-state index >= 15 is 0 Å². The molecular formula is C29H32N4O8. The molecule has 0 saturated heterocycles. The van der Waals surface area contributed by atoms with Gasteiger partial charge in [-0.05, 0) is 18.4 Å². The molecule has 0 fully saturated rings. The number of aliphatic carboxylic acids is 1. The first-order valence-electron chi connectivity index (χ1n) is 12.9. The Hall–Kier alpha value is -5.00. The Morgan fingerprint density at radius 1 is 0.878 bits per heavy atom. The molecule has 0 aliphatic heterocycles. The van der Waals surface area contributed by atoms with Crippen LogP contribution < -0.4 is 16.0 Å². The number of benzene rings is 2. The fourth-order valence-electron chi connectivity index (χ4n) is 3.75. The van der Waals surface area contributed by atoms with E-state index in [1.54, 1.807) is 62.4 Å². The van der Waals surface area contributed by atoms with Crippen LogP contribution in [0.5, 0.6) is 0 Å². The highest BCUT2D eigenvalue weighted by molar-refractivity contribution is 6.01. The summed E-state index contributed by atoms with van der Waals surface area (Å²) in [6, 6.07) is 14.2. The van der Waals surface area contributed by atoms with Gasteiger partial charge in [-0.2, -0.15) is 0 Å². The van der Waals surface area contributed by atoms with Gasteiger partial charge in [0.15, 0.2) is 0 Å². The van der Waals surface area contributed by atoms with Gasteiger partial charge in [-0.15, -0.1) is 0 Å². The molecule has 41 heavy (non-hydrogen) atoms. The number of nitrogens with zero attached hydrogens (tertiary/aromatic N) is 1. The number of carbonyl (C=O) groups is 5. The van der Waals surface area contributed by atoms with Gasteiger partial charge >= 0.3 is 12.1 Å². The van der Waals surface area contributed by atoms with Crippen LogP contribution in [0.25, 0.3) is 11.3 Å². The fraction of sp³-hybridized carbons (Fsp3) is 0.310. The van der Waals surface area contributed by atoms with Crippen LogP contribution in [0.3, 0.4) is 0 Å². The Morgan fingerprint density at radius 3 is 2.12 bits per heavy atom. The second kappa shape index (κ2) is 14.4. The first kappa shape index (κ1) is 30.5. The molecule has 216 valence electrons. The number of carboxylic acids is 1. The number of aromatic nitrogens is 1. The molecule has 12 heteroatoms. The molecule has 2 aromatic carbocycles. The van der Waals surface area contributed by atoms with Gasteiger partial charge < -0.3 is 30.2 Å². The van der Waals surface area contributed by atoms with Gasteiger partial charge in [0.05, 0.1) is 6.42 Å². The third-order valence-electron chi connectivity index (χ3n) is 5.98. The average Bonchev–Trinajstić information content (AvgIpc) is 3.45. The van der Waals surface area contributed by atoms with Gasteiger partial charge in [0.25, 0.3) is 5.89 Å². The molecule has 1 heterocycles. The van der Waals surface area contributed by atoms with E-state index in [1.807, 2.05) is 12.1 Å².